The van der Waals surface area contributed by atoms with Crippen molar-refractivity contribution in [1.82, 2.24) is 0 Å². The van der Waals surface area contributed by atoms with E-state index in [0.717, 1.165) is 38.5 Å². The summed E-state index contributed by atoms with van der Waals surface area (Å²) in [6, 6.07) is 0. The second kappa shape index (κ2) is 14.4. The van der Waals surface area contributed by atoms with Gasteiger partial charge >= 0.3 is 39.9 Å². The molecule has 0 nitrogen and oxygen atoms in total. The molecule has 0 saturated heterocycles. The largest absolute Gasteiger partial charge is 3.00 e. The predicted octanol–water partition coefficient (Wildman–Crippen LogP) is 6.26. The van der Waals surface area contributed by atoms with Crippen molar-refractivity contribution in [2.75, 3.05) is 0 Å². The summed E-state index contributed by atoms with van der Waals surface area (Å²) in [6.07, 6.45) is 29.0. The van der Waals surface area contributed by atoms with Crippen LogP contribution in [0, 0.1) is 58.2 Å². The van der Waals surface area contributed by atoms with Gasteiger partial charge in [0.2, 0.25) is 0 Å². The third kappa shape index (κ3) is 9.72. The molecule has 0 heterocycles. The molecule has 1 heteroatoms. The first kappa shape index (κ1) is 21.8. The Morgan fingerprint density at radius 1 is 0.636 bits per heavy atom. The summed E-state index contributed by atoms with van der Waals surface area (Å²) in [5, 5.41) is 0. The first-order valence-corrected chi connectivity index (χ1v) is 8.08. The molecule has 0 atom stereocenters. The fourth-order valence-corrected chi connectivity index (χ4v) is 2.08. The number of hydrogen-bond donors (Lipinski definition) is 0. The van der Waals surface area contributed by atoms with Gasteiger partial charge in [-0.15, -0.1) is 19.3 Å². The molecule has 3 aliphatic carbocycles. The number of hydrogen-bond acceptors (Lipinski definition) is 0. The first-order valence-electron chi connectivity index (χ1n) is 8.08. The van der Waals surface area contributed by atoms with Crippen molar-refractivity contribution in [2.45, 2.75) is 59.3 Å². The molecule has 22 heavy (non-hydrogen) atoms. The molecule has 0 fully saturated rings. The molecule has 1 radical (unpaired) electrons. The van der Waals surface area contributed by atoms with Crippen molar-refractivity contribution in [3.8, 4) is 0 Å². The molecule has 0 N–H and O–H groups in total. The van der Waals surface area contributed by atoms with Gasteiger partial charge in [-0.2, -0.15) is 18.2 Å². The molecule has 0 aliphatic heterocycles. The summed E-state index contributed by atoms with van der Waals surface area (Å²) in [5.74, 6) is 0. The van der Waals surface area contributed by atoms with E-state index in [-0.39, 0.29) is 39.9 Å². The van der Waals surface area contributed by atoms with Crippen LogP contribution >= 0.6 is 0 Å². The molecule has 0 aromatic carbocycles. The monoisotopic (exact) mass is 437 g/mol. The Balaban J connectivity index is 0.000000294. The van der Waals surface area contributed by atoms with E-state index in [4.69, 9.17) is 0 Å². The Morgan fingerprint density at radius 3 is 1.00 bits per heavy atom. The van der Waals surface area contributed by atoms with Crippen molar-refractivity contribution in [3.05, 3.63) is 71.4 Å². The summed E-state index contributed by atoms with van der Waals surface area (Å²) in [6.45, 7) is 6.45. The van der Waals surface area contributed by atoms with Crippen LogP contribution in [0.2, 0.25) is 0 Å². The Labute approximate surface area is 169 Å². The van der Waals surface area contributed by atoms with E-state index in [9.17, 15) is 0 Å². The topological polar surface area (TPSA) is 0 Å². The second-order valence-electron chi connectivity index (χ2n) is 4.99. The molecule has 0 spiro atoms. The average Bonchev–Trinajstić information content (AvgIpc) is 3.31. The molecule has 3 rings (SSSR count). The van der Waals surface area contributed by atoms with Gasteiger partial charge in [-0.3, -0.25) is 18.2 Å². The van der Waals surface area contributed by atoms with Gasteiger partial charge in [0.1, 0.15) is 0 Å². The maximum atomic E-state index is 3.21. The SMILES string of the molecule is CCC1=[C-]CC=C1.CCC1=[C-]CC=C1.CCC1=[C-]CC=C1.[Gd+3]. The van der Waals surface area contributed by atoms with Gasteiger partial charge < -0.3 is 0 Å². The van der Waals surface area contributed by atoms with Crippen LogP contribution in [-0.2, 0) is 0 Å². The minimum atomic E-state index is 0. The molecule has 0 bridgehead atoms. The van der Waals surface area contributed by atoms with Gasteiger partial charge in [-0.05, 0) is 0 Å². The van der Waals surface area contributed by atoms with Crippen LogP contribution in [-0.4, -0.2) is 0 Å². The van der Waals surface area contributed by atoms with Crippen molar-refractivity contribution < 1.29 is 39.9 Å². The maximum absolute atomic E-state index is 3.21. The van der Waals surface area contributed by atoms with Crippen molar-refractivity contribution in [2.24, 2.45) is 0 Å². The molecule has 0 aromatic heterocycles. The summed E-state index contributed by atoms with van der Waals surface area (Å²) < 4.78 is 0. The quantitative estimate of drug-likeness (QED) is 0.458. The van der Waals surface area contributed by atoms with Gasteiger partial charge in [0, 0.05) is 0 Å². The van der Waals surface area contributed by atoms with Crippen LogP contribution in [0.3, 0.4) is 0 Å². The standard InChI is InChI=1S/3C7H9.Gd/c3*1-2-7-5-3-4-6-7;/h3*3,5H,2,4H2,1H3;/q3*-1;+3. The third-order valence-corrected chi connectivity index (χ3v) is 3.44. The Bertz CT molecular complexity index is 399. The van der Waals surface area contributed by atoms with Crippen LogP contribution in [0.15, 0.2) is 53.2 Å². The minimum Gasteiger partial charge on any atom is -0.270 e. The molecular formula is C21H27Gd. The van der Waals surface area contributed by atoms with Gasteiger partial charge in [0.15, 0.2) is 0 Å². The van der Waals surface area contributed by atoms with E-state index in [1.54, 1.807) is 0 Å². The van der Waals surface area contributed by atoms with Crippen molar-refractivity contribution in [3.63, 3.8) is 0 Å². The minimum absolute atomic E-state index is 0. The molecule has 0 saturated carbocycles. The smallest absolute Gasteiger partial charge is 0.270 e. The van der Waals surface area contributed by atoms with E-state index in [1.165, 1.54) is 16.7 Å². The molecule has 0 unspecified atom stereocenters. The summed E-state index contributed by atoms with van der Waals surface area (Å²) in [5.41, 5.74) is 4.08. The number of allylic oxidation sites excluding steroid dienone is 12. The molecule has 0 amide bonds. The Morgan fingerprint density at radius 2 is 0.909 bits per heavy atom. The molecule has 3 aliphatic rings. The first-order chi connectivity index (χ1) is 10.3. The molecule has 0 aromatic rings. The Hall–Kier alpha value is -0.235. The van der Waals surface area contributed by atoms with Crippen LogP contribution in [0.25, 0.3) is 0 Å². The van der Waals surface area contributed by atoms with Crippen molar-refractivity contribution in [1.29, 1.82) is 0 Å². The third-order valence-electron chi connectivity index (χ3n) is 3.44. The molecular weight excluding hydrogens is 409 g/mol. The maximum Gasteiger partial charge on any atom is 3.00 e. The van der Waals surface area contributed by atoms with Crippen LogP contribution in [0.4, 0.5) is 0 Å². The average molecular weight is 437 g/mol. The van der Waals surface area contributed by atoms with E-state index in [0.29, 0.717) is 0 Å². The fraction of sp³-hybridized carbons (Fsp3) is 0.429. The summed E-state index contributed by atoms with van der Waals surface area (Å²) in [4.78, 5) is 0. The number of rotatable bonds is 3. The zero-order chi connectivity index (χ0) is 15.3. The van der Waals surface area contributed by atoms with E-state index < -0.39 is 0 Å². The van der Waals surface area contributed by atoms with Gasteiger partial charge in [-0.25, -0.2) is 34.9 Å². The van der Waals surface area contributed by atoms with Gasteiger partial charge in [-0.1, -0.05) is 40.0 Å². The summed E-state index contributed by atoms with van der Waals surface area (Å²) >= 11 is 0. The summed E-state index contributed by atoms with van der Waals surface area (Å²) in [7, 11) is 0. The fourth-order valence-electron chi connectivity index (χ4n) is 2.08. The predicted molar refractivity (Wildman–Crippen MR) is 92.4 cm³/mol. The zero-order valence-corrected chi connectivity index (χ0v) is 16.3. The van der Waals surface area contributed by atoms with Crippen LogP contribution in [0.5, 0.6) is 0 Å². The normalized spacial score (nSPS) is 16.8. The van der Waals surface area contributed by atoms with Crippen LogP contribution < -0.4 is 0 Å². The van der Waals surface area contributed by atoms with Gasteiger partial charge in [0.05, 0.1) is 0 Å². The van der Waals surface area contributed by atoms with E-state index in [1.807, 2.05) is 0 Å². The van der Waals surface area contributed by atoms with Crippen molar-refractivity contribution >= 4 is 0 Å². The van der Waals surface area contributed by atoms with Gasteiger partial charge in [0.25, 0.3) is 0 Å². The molecule has 119 valence electrons. The van der Waals surface area contributed by atoms with E-state index >= 15 is 0 Å². The van der Waals surface area contributed by atoms with Crippen LogP contribution in [0.1, 0.15) is 59.3 Å². The second-order valence-corrected chi connectivity index (χ2v) is 4.99. The Kier molecular flexibility index (Phi) is 14.2. The zero-order valence-electron chi connectivity index (χ0n) is 14.1. The van der Waals surface area contributed by atoms with E-state index in [2.05, 4.69) is 75.5 Å².